The molecule has 1 aromatic rings. The second-order valence-electron chi connectivity index (χ2n) is 5.91. The summed E-state index contributed by atoms with van der Waals surface area (Å²) >= 11 is 0. The summed E-state index contributed by atoms with van der Waals surface area (Å²) in [6.45, 7) is -0.946. The standard InChI is InChI=1S/C12H16F4NO11P3/c13-11(14,29(20,21)22)6-1-7-12(15,16)30(23,24)28-31(25,26)27-8-9-2-4-10(5-3-9)17(18)19/h2-5H,1,6-8H2,(H,23,24)(H,25,26)(H2,20,21,22)/p-4. The molecule has 1 rings (SSSR count). The molecule has 0 saturated carbocycles. The smallest absolute Gasteiger partial charge is 0.309 e. The lowest BCUT2D eigenvalue weighted by molar-refractivity contribution is -0.384. The number of nitrogens with zero attached hydrogens (tertiary/aromatic N) is 1. The average Bonchev–Trinajstić information content (AvgIpc) is 2.58. The van der Waals surface area contributed by atoms with Crippen molar-refractivity contribution < 1.29 is 64.6 Å². The molecule has 0 aliphatic rings. The molecule has 178 valence electrons. The summed E-state index contributed by atoms with van der Waals surface area (Å²) in [5.74, 6) is 0. The van der Waals surface area contributed by atoms with Crippen molar-refractivity contribution in [3.8, 4) is 0 Å². The first-order valence-electron chi connectivity index (χ1n) is 7.79. The Balaban J connectivity index is 2.74. The third-order valence-electron chi connectivity index (χ3n) is 3.50. The van der Waals surface area contributed by atoms with Crippen LogP contribution in [0.4, 0.5) is 23.2 Å². The van der Waals surface area contributed by atoms with Crippen molar-refractivity contribution in [1.29, 1.82) is 0 Å². The fourth-order valence-electron chi connectivity index (χ4n) is 1.87. The first-order chi connectivity index (χ1) is 13.8. The lowest BCUT2D eigenvalue weighted by Gasteiger charge is -2.38. The minimum Gasteiger partial charge on any atom is -0.807 e. The van der Waals surface area contributed by atoms with Gasteiger partial charge in [0.05, 0.1) is 11.5 Å². The number of rotatable bonds is 12. The topological polar surface area (TPSA) is 205 Å². The van der Waals surface area contributed by atoms with Gasteiger partial charge >= 0.3 is 5.66 Å². The third kappa shape index (κ3) is 8.01. The molecule has 31 heavy (non-hydrogen) atoms. The van der Waals surface area contributed by atoms with Crippen molar-refractivity contribution in [2.45, 2.75) is 37.2 Å². The predicted molar refractivity (Wildman–Crippen MR) is 85.5 cm³/mol. The zero-order valence-corrected chi connectivity index (χ0v) is 17.6. The fourth-order valence-corrected chi connectivity index (χ4v) is 4.76. The molecule has 0 radical (unpaired) electrons. The Morgan fingerprint density at radius 3 is 1.84 bits per heavy atom. The van der Waals surface area contributed by atoms with Gasteiger partial charge in [0.25, 0.3) is 19.2 Å². The van der Waals surface area contributed by atoms with Crippen LogP contribution < -0.4 is 19.6 Å². The third-order valence-corrected chi connectivity index (χ3v) is 7.66. The van der Waals surface area contributed by atoms with E-state index in [4.69, 9.17) is 0 Å². The Morgan fingerprint density at radius 2 is 1.39 bits per heavy atom. The number of phosphoric acid groups is 1. The highest BCUT2D eigenvalue weighted by atomic mass is 31.3. The summed E-state index contributed by atoms with van der Waals surface area (Å²) in [6.07, 6.45) is -5.40. The second kappa shape index (κ2) is 9.74. The molecule has 0 saturated heterocycles. The number of halogens is 4. The molecule has 0 heterocycles. The number of non-ortho nitro benzene ring substituents is 1. The summed E-state index contributed by atoms with van der Waals surface area (Å²) in [7, 11) is -19.0. The summed E-state index contributed by atoms with van der Waals surface area (Å²) in [4.78, 5) is 53.4. The van der Waals surface area contributed by atoms with Crippen LogP contribution >= 0.6 is 23.0 Å². The molecule has 12 nitrogen and oxygen atoms in total. The second-order valence-corrected chi connectivity index (χ2v) is 11.0. The van der Waals surface area contributed by atoms with Crippen molar-refractivity contribution in [3.05, 3.63) is 39.9 Å². The van der Waals surface area contributed by atoms with Crippen molar-refractivity contribution in [2.75, 3.05) is 0 Å². The minimum atomic E-state index is -6.63. The number of hydrogen-bond acceptors (Lipinski definition) is 11. The van der Waals surface area contributed by atoms with Crippen LogP contribution in [0.3, 0.4) is 0 Å². The van der Waals surface area contributed by atoms with Crippen LogP contribution in [0.15, 0.2) is 24.3 Å². The van der Waals surface area contributed by atoms with Crippen LogP contribution in [0.5, 0.6) is 0 Å². The first-order valence-corrected chi connectivity index (χ1v) is 12.3. The largest absolute Gasteiger partial charge is 0.807 e. The van der Waals surface area contributed by atoms with Crippen LogP contribution in [0.1, 0.15) is 24.8 Å². The molecule has 0 bridgehead atoms. The van der Waals surface area contributed by atoms with Gasteiger partial charge in [0.15, 0.2) is 0 Å². The van der Waals surface area contributed by atoms with E-state index in [1.54, 1.807) is 0 Å². The molecule has 0 aliphatic heterocycles. The van der Waals surface area contributed by atoms with Gasteiger partial charge in [0, 0.05) is 32.6 Å². The quantitative estimate of drug-likeness (QED) is 0.168. The molecular formula is C12H12F4NO11P3-4. The molecule has 2 unspecified atom stereocenters. The molecule has 0 aliphatic carbocycles. The van der Waals surface area contributed by atoms with Gasteiger partial charge in [0.2, 0.25) is 7.60 Å². The summed E-state index contributed by atoms with van der Waals surface area (Å²) in [5, 5.41) is 10.5. The Bertz CT molecular complexity index is 936. The van der Waals surface area contributed by atoms with Gasteiger partial charge in [0.1, 0.15) is 0 Å². The Hall–Kier alpha value is -1.21. The maximum atomic E-state index is 13.7. The van der Waals surface area contributed by atoms with Crippen LogP contribution in [-0.4, -0.2) is 16.3 Å². The SMILES string of the molecule is O=[N+]([O-])c1ccc(COP(=O)([O-])OP(=O)([O-])C(F)(F)CCCC(F)(F)P(=O)([O-])[O-])cc1. The maximum absolute atomic E-state index is 13.7. The number of nitro groups is 1. The molecule has 19 heteroatoms. The van der Waals surface area contributed by atoms with E-state index in [9.17, 15) is 60.9 Å². The minimum absolute atomic E-state index is 0.0420. The molecular weight excluding hydrogens is 503 g/mol. The zero-order chi connectivity index (χ0) is 24.3. The molecule has 1 aromatic carbocycles. The van der Waals surface area contributed by atoms with Gasteiger partial charge in [-0.3, -0.25) is 19.0 Å². The van der Waals surface area contributed by atoms with E-state index in [2.05, 4.69) is 8.83 Å². The van der Waals surface area contributed by atoms with E-state index >= 15 is 0 Å². The van der Waals surface area contributed by atoms with E-state index in [1.807, 2.05) is 0 Å². The van der Waals surface area contributed by atoms with Crippen molar-refractivity contribution in [1.82, 2.24) is 0 Å². The van der Waals surface area contributed by atoms with Gasteiger partial charge in [-0.1, -0.05) is 0 Å². The number of alkyl halides is 4. The van der Waals surface area contributed by atoms with Crippen LogP contribution in [0.2, 0.25) is 0 Å². The number of hydrogen-bond donors (Lipinski definition) is 0. The average molecular weight is 515 g/mol. The van der Waals surface area contributed by atoms with Crippen LogP contribution in [-0.2, 0) is 29.1 Å². The van der Waals surface area contributed by atoms with Crippen LogP contribution in [0, 0.1) is 10.1 Å². The van der Waals surface area contributed by atoms with E-state index in [-0.39, 0.29) is 11.3 Å². The number of nitro benzene ring substituents is 1. The first kappa shape index (κ1) is 27.8. The van der Waals surface area contributed by atoms with Gasteiger partial charge in [-0.2, -0.15) is 8.78 Å². The maximum Gasteiger partial charge on any atom is 0.309 e. The van der Waals surface area contributed by atoms with Gasteiger partial charge in [-0.15, -0.1) is 0 Å². The highest BCUT2D eigenvalue weighted by Crippen LogP contribution is 2.65. The van der Waals surface area contributed by atoms with Crippen molar-refractivity contribution >= 4 is 28.7 Å². The number of benzene rings is 1. The molecule has 0 fully saturated rings. The molecule has 0 amide bonds. The summed E-state index contributed by atoms with van der Waals surface area (Å²) < 4.78 is 94.2. The van der Waals surface area contributed by atoms with Gasteiger partial charge in [-0.05, 0) is 24.1 Å². The van der Waals surface area contributed by atoms with Gasteiger partial charge in [-0.25, -0.2) is 8.78 Å². The van der Waals surface area contributed by atoms with Crippen molar-refractivity contribution in [2.24, 2.45) is 0 Å². The predicted octanol–water partition coefficient (Wildman–Crippen LogP) is 1.42. The highest BCUT2D eigenvalue weighted by molar-refractivity contribution is 7.63. The lowest BCUT2D eigenvalue weighted by atomic mass is 10.2. The van der Waals surface area contributed by atoms with Gasteiger partial charge < -0.3 is 33.2 Å². The highest BCUT2D eigenvalue weighted by Gasteiger charge is 2.45. The fraction of sp³-hybridized carbons (Fsp3) is 0.500. The van der Waals surface area contributed by atoms with Crippen LogP contribution in [0.25, 0.3) is 0 Å². The summed E-state index contributed by atoms with van der Waals surface area (Å²) in [5.41, 5.74) is -10.4. The molecule has 2 atom stereocenters. The van der Waals surface area contributed by atoms with E-state index in [0.717, 1.165) is 24.3 Å². The molecule has 0 N–H and O–H groups in total. The Labute approximate surface area is 171 Å². The van der Waals surface area contributed by atoms with E-state index < -0.39 is 65.1 Å². The van der Waals surface area contributed by atoms with Crippen molar-refractivity contribution in [3.63, 3.8) is 0 Å². The molecule has 0 aromatic heterocycles. The summed E-state index contributed by atoms with van der Waals surface area (Å²) in [6, 6.07) is 3.93. The number of phosphoric ester groups is 1. The monoisotopic (exact) mass is 515 g/mol. The Kier molecular flexibility index (Phi) is 8.74. The lowest BCUT2D eigenvalue weighted by Crippen LogP contribution is -2.32. The van der Waals surface area contributed by atoms with E-state index in [0.29, 0.717) is 0 Å². The zero-order valence-electron chi connectivity index (χ0n) is 14.9. The molecule has 0 spiro atoms. The van der Waals surface area contributed by atoms with E-state index in [1.165, 1.54) is 0 Å². The Morgan fingerprint density at radius 1 is 0.903 bits per heavy atom. The normalized spacial score (nSPS) is 17.0.